The smallest absolute Gasteiger partial charge is 0.408 e. The number of imidazole rings is 1. The van der Waals surface area contributed by atoms with Crippen LogP contribution in [0.4, 0.5) is 0 Å². The molecule has 2 aromatic carbocycles. The molecule has 0 bridgehead atoms. The Kier molecular flexibility index (Phi) is 3.82. The highest BCUT2D eigenvalue weighted by Gasteiger charge is 2.29. The number of fused-ring (bicyclic) bond motifs is 2. The van der Waals surface area contributed by atoms with Gasteiger partial charge in [0.05, 0.1) is 22.6 Å². The largest absolute Gasteiger partial charge is 0.420 e. The van der Waals surface area contributed by atoms with Crippen molar-refractivity contribution in [2.75, 3.05) is 13.1 Å². The average Bonchev–Trinajstić information content (AvgIpc) is 3.37. The Balaban J connectivity index is 1.38. The van der Waals surface area contributed by atoms with Crippen LogP contribution in [0.1, 0.15) is 18.3 Å². The maximum atomic E-state index is 12.9. The summed E-state index contributed by atoms with van der Waals surface area (Å²) in [5.41, 5.74) is 3.21. The topological polar surface area (TPSA) is 73.3 Å². The van der Waals surface area contributed by atoms with Gasteiger partial charge in [0, 0.05) is 13.1 Å². The molecule has 0 spiro atoms. The van der Waals surface area contributed by atoms with Crippen LogP contribution in [0.2, 0.25) is 0 Å². The lowest BCUT2D eigenvalue weighted by Crippen LogP contribution is -2.34. The number of aryl methyl sites for hydroxylation is 1. The van der Waals surface area contributed by atoms with Crippen LogP contribution < -0.4 is 5.76 Å². The summed E-state index contributed by atoms with van der Waals surface area (Å²) in [7, 11) is 0. The molecular weight excluding hydrogens is 356 g/mol. The zero-order valence-electron chi connectivity index (χ0n) is 15.5. The van der Waals surface area contributed by atoms with Crippen LogP contribution in [-0.4, -0.2) is 38.0 Å². The van der Waals surface area contributed by atoms with Crippen LogP contribution in [-0.2, 0) is 11.3 Å². The molecule has 142 valence electrons. The van der Waals surface area contributed by atoms with Crippen molar-refractivity contribution < 1.29 is 9.21 Å². The molecule has 1 aliphatic rings. The van der Waals surface area contributed by atoms with Crippen LogP contribution >= 0.6 is 0 Å². The summed E-state index contributed by atoms with van der Waals surface area (Å²) in [6.45, 7) is 3.28. The van der Waals surface area contributed by atoms with Crippen molar-refractivity contribution in [1.82, 2.24) is 19.0 Å². The van der Waals surface area contributed by atoms with Crippen molar-refractivity contribution in [2.24, 2.45) is 0 Å². The van der Waals surface area contributed by atoms with Gasteiger partial charge in [0.2, 0.25) is 5.91 Å². The number of benzene rings is 2. The summed E-state index contributed by atoms with van der Waals surface area (Å²) in [6.07, 6.45) is 0.869. The van der Waals surface area contributed by atoms with Crippen LogP contribution in [0.3, 0.4) is 0 Å². The summed E-state index contributed by atoms with van der Waals surface area (Å²) >= 11 is 0. The lowest BCUT2D eigenvalue weighted by Gasteiger charge is -2.18. The third-order valence-electron chi connectivity index (χ3n) is 5.52. The van der Waals surface area contributed by atoms with Crippen LogP contribution in [0, 0.1) is 6.92 Å². The van der Waals surface area contributed by atoms with Gasteiger partial charge in [-0.05, 0) is 37.6 Å². The van der Waals surface area contributed by atoms with E-state index in [1.54, 1.807) is 18.2 Å². The minimum Gasteiger partial charge on any atom is -0.408 e. The number of likely N-dealkylation sites (tertiary alicyclic amines) is 1. The molecule has 1 fully saturated rings. The molecule has 1 unspecified atom stereocenters. The lowest BCUT2D eigenvalue weighted by molar-refractivity contribution is -0.130. The number of hydrogen-bond acceptors (Lipinski definition) is 4. The third kappa shape index (κ3) is 2.62. The quantitative estimate of drug-likeness (QED) is 0.551. The average molecular weight is 376 g/mol. The zero-order chi connectivity index (χ0) is 19.3. The Hall–Kier alpha value is -3.35. The second-order valence-corrected chi connectivity index (χ2v) is 7.22. The number of rotatable bonds is 3. The molecule has 1 atom stereocenters. The second-order valence-electron chi connectivity index (χ2n) is 7.22. The van der Waals surface area contributed by atoms with Crippen molar-refractivity contribution >= 4 is 28.0 Å². The number of oxazole rings is 1. The van der Waals surface area contributed by atoms with Gasteiger partial charge in [0.25, 0.3) is 0 Å². The predicted molar refractivity (Wildman–Crippen MR) is 105 cm³/mol. The van der Waals surface area contributed by atoms with E-state index in [1.807, 2.05) is 36.1 Å². The van der Waals surface area contributed by atoms with Crippen molar-refractivity contribution in [1.29, 1.82) is 0 Å². The van der Waals surface area contributed by atoms with Crippen molar-refractivity contribution in [2.45, 2.75) is 25.9 Å². The summed E-state index contributed by atoms with van der Waals surface area (Å²) in [4.78, 5) is 31.5. The van der Waals surface area contributed by atoms with Gasteiger partial charge in [-0.3, -0.25) is 9.36 Å². The van der Waals surface area contributed by atoms with E-state index in [4.69, 9.17) is 4.42 Å². The number of amides is 1. The number of aromatic nitrogens is 3. The summed E-state index contributed by atoms with van der Waals surface area (Å²) in [6, 6.07) is 15.4. The van der Waals surface area contributed by atoms with Crippen molar-refractivity contribution in [3.05, 3.63) is 64.9 Å². The van der Waals surface area contributed by atoms with E-state index in [0.717, 1.165) is 23.3 Å². The highest BCUT2D eigenvalue weighted by Crippen LogP contribution is 2.28. The minimum atomic E-state index is -0.498. The highest BCUT2D eigenvalue weighted by atomic mass is 16.4. The van der Waals surface area contributed by atoms with E-state index >= 15 is 0 Å². The van der Waals surface area contributed by atoms with Gasteiger partial charge in [-0.15, -0.1) is 0 Å². The van der Waals surface area contributed by atoms with E-state index in [-0.39, 0.29) is 18.5 Å². The van der Waals surface area contributed by atoms with Crippen molar-refractivity contribution in [3.63, 3.8) is 0 Å². The number of para-hydroxylation sites is 4. The molecule has 7 nitrogen and oxygen atoms in total. The van der Waals surface area contributed by atoms with Gasteiger partial charge < -0.3 is 13.9 Å². The molecule has 0 N–H and O–H groups in total. The number of nitrogens with zero attached hydrogens (tertiary/aromatic N) is 4. The molecule has 0 aliphatic carbocycles. The molecule has 3 heterocycles. The Labute approximate surface area is 160 Å². The SMILES string of the molecule is Cc1nc2ccccc2n1C1CCN(C(=O)Cn2c(=O)oc3ccccc32)C1. The Morgan fingerprint density at radius 2 is 1.89 bits per heavy atom. The number of hydrogen-bond donors (Lipinski definition) is 0. The highest BCUT2D eigenvalue weighted by molar-refractivity contribution is 5.80. The van der Waals surface area contributed by atoms with Crippen molar-refractivity contribution in [3.8, 4) is 0 Å². The van der Waals surface area contributed by atoms with E-state index in [1.165, 1.54) is 4.57 Å². The Morgan fingerprint density at radius 1 is 1.14 bits per heavy atom. The Bertz CT molecular complexity index is 1250. The van der Waals surface area contributed by atoms with Gasteiger partial charge in [0.15, 0.2) is 5.58 Å². The first kappa shape index (κ1) is 16.8. The molecule has 1 saturated heterocycles. The molecule has 2 aromatic heterocycles. The standard InChI is InChI=1S/C21H20N4O3/c1-14-22-16-6-2-3-7-17(16)25(14)15-10-11-23(12-15)20(26)13-24-18-8-4-5-9-19(18)28-21(24)27/h2-9,15H,10-13H2,1H3. The number of carbonyl (C=O) groups excluding carboxylic acids is 1. The third-order valence-corrected chi connectivity index (χ3v) is 5.52. The molecular formula is C21H20N4O3. The predicted octanol–water partition coefficient (Wildman–Crippen LogP) is 2.73. The maximum Gasteiger partial charge on any atom is 0.420 e. The summed E-state index contributed by atoms with van der Waals surface area (Å²) in [5, 5.41) is 0. The van der Waals surface area contributed by atoms with Crippen LogP contribution in [0.25, 0.3) is 22.1 Å². The van der Waals surface area contributed by atoms with Gasteiger partial charge >= 0.3 is 5.76 Å². The van der Waals surface area contributed by atoms with E-state index in [9.17, 15) is 9.59 Å². The van der Waals surface area contributed by atoms with E-state index in [0.29, 0.717) is 24.2 Å². The second kappa shape index (κ2) is 6.37. The van der Waals surface area contributed by atoms with Gasteiger partial charge in [-0.2, -0.15) is 0 Å². The fourth-order valence-electron chi connectivity index (χ4n) is 4.20. The molecule has 7 heteroatoms. The lowest BCUT2D eigenvalue weighted by atomic mass is 10.2. The monoisotopic (exact) mass is 376 g/mol. The van der Waals surface area contributed by atoms with Crippen LogP contribution in [0.5, 0.6) is 0 Å². The fourth-order valence-corrected chi connectivity index (χ4v) is 4.20. The van der Waals surface area contributed by atoms with Gasteiger partial charge in [0.1, 0.15) is 12.4 Å². The van der Waals surface area contributed by atoms with Gasteiger partial charge in [-0.25, -0.2) is 9.78 Å². The van der Waals surface area contributed by atoms with E-state index < -0.39 is 5.76 Å². The molecule has 5 rings (SSSR count). The summed E-state index contributed by atoms with van der Waals surface area (Å²) < 4.78 is 8.86. The van der Waals surface area contributed by atoms with Gasteiger partial charge in [-0.1, -0.05) is 24.3 Å². The van der Waals surface area contributed by atoms with E-state index in [2.05, 4.69) is 15.6 Å². The first-order valence-corrected chi connectivity index (χ1v) is 9.41. The maximum absolute atomic E-state index is 12.9. The molecule has 0 saturated carbocycles. The molecule has 0 radical (unpaired) electrons. The van der Waals surface area contributed by atoms with Crippen LogP contribution in [0.15, 0.2) is 57.7 Å². The molecule has 28 heavy (non-hydrogen) atoms. The molecule has 1 aliphatic heterocycles. The minimum absolute atomic E-state index is 0.00771. The first-order valence-electron chi connectivity index (χ1n) is 9.41. The molecule has 1 amide bonds. The summed E-state index contributed by atoms with van der Waals surface area (Å²) in [5.74, 6) is 0.387. The fraction of sp³-hybridized carbons (Fsp3) is 0.286. The first-order chi connectivity index (χ1) is 13.6. The zero-order valence-corrected chi connectivity index (χ0v) is 15.5. The molecule has 4 aromatic rings. The Morgan fingerprint density at radius 3 is 2.75 bits per heavy atom. The normalized spacial score (nSPS) is 17.0. The number of carbonyl (C=O) groups is 1.